The molecule has 0 bridgehead atoms. The summed E-state index contributed by atoms with van der Waals surface area (Å²) in [5.41, 5.74) is 3.51. The van der Waals surface area contributed by atoms with Crippen LogP contribution in [0.2, 0.25) is 5.02 Å². The molecule has 3 rings (SSSR count). The second-order valence-corrected chi connectivity index (χ2v) is 6.14. The van der Waals surface area contributed by atoms with Crippen LogP contribution in [-0.4, -0.2) is 4.98 Å². The van der Waals surface area contributed by atoms with Crippen molar-refractivity contribution in [3.8, 4) is 0 Å². The summed E-state index contributed by atoms with van der Waals surface area (Å²) >= 11 is 8.00. The molecular formula is C16H15ClN2S. The number of pyridine rings is 1. The highest BCUT2D eigenvalue weighted by atomic mass is 35.5. The van der Waals surface area contributed by atoms with Crippen molar-refractivity contribution in [1.29, 1.82) is 0 Å². The predicted molar refractivity (Wildman–Crippen MR) is 86.4 cm³/mol. The van der Waals surface area contributed by atoms with E-state index >= 15 is 0 Å². The zero-order valence-electron chi connectivity index (χ0n) is 11.2. The SMILES string of the molecule is Cc1ccsc1CNCc1ccc(Cl)c2cccnc12. The van der Waals surface area contributed by atoms with Gasteiger partial charge in [-0.3, -0.25) is 4.98 Å². The summed E-state index contributed by atoms with van der Waals surface area (Å²) in [6.45, 7) is 3.83. The standard InChI is InChI=1S/C16H15ClN2S/c1-11-6-8-20-15(11)10-18-9-12-4-5-14(17)13-3-2-7-19-16(12)13/h2-8,18H,9-10H2,1H3. The number of fused-ring (bicyclic) bond motifs is 1. The van der Waals surface area contributed by atoms with Gasteiger partial charge in [-0.2, -0.15) is 0 Å². The van der Waals surface area contributed by atoms with E-state index in [0.29, 0.717) is 0 Å². The average Bonchev–Trinajstić information content (AvgIpc) is 2.87. The molecule has 2 heterocycles. The average molecular weight is 303 g/mol. The molecule has 1 N–H and O–H groups in total. The Hall–Kier alpha value is -1.42. The number of thiophene rings is 1. The molecule has 0 fully saturated rings. The van der Waals surface area contributed by atoms with Crippen LogP contribution in [0.5, 0.6) is 0 Å². The Kier molecular flexibility index (Phi) is 4.01. The number of hydrogen-bond donors (Lipinski definition) is 1. The summed E-state index contributed by atoms with van der Waals surface area (Å²) in [5, 5.41) is 7.38. The zero-order chi connectivity index (χ0) is 13.9. The van der Waals surface area contributed by atoms with Gasteiger partial charge in [0.25, 0.3) is 0 Å². The van der Waals surface area contributed by atoms with E-state index in [0.717, 1.165) is 29.0 Å². The Bertz CT molecular complexity index is 736. The molecule has 102 valence electrons. The number of nitrogens with one attached hydrogen (secondary N) is 1. The van der Waals surface area contributed by atoms with Crippen LogP contribution in [0.25, 0.3) is 10.9 Å². The maximum absolute atomic E-state index is 6.21. The lowest BCUT2D eigenvalue weighted by Gasteiger charge is -2.08. The Morgan fingerprint density at radius 2 is 2.10 bits per heavy atom. The van der Waals surface area contributed by atoms with E-state index in [2.05, 4.69) is 28.7 Å². The third-order valence-electron chi connectivity index (χ3n) is 3.37. The minimum atomic E-state index is 0.756. The van der Waals surface area contributed by atoms with Crippen LogP contribution in [0.4, 0.5) is 0 Å². The van der Waals surface area contributed by atoms with E-state index in [1.807, 2.05) is 30.5 Å². The first kappa shape index (κ1) is 13.6. The highest BCUT2D eigenvalue weighted by Crippen LogP contribution is 2.24. The van der Waals surface area contributed by atoms with Crippen molar-refractivity contribution in [2.45, 2.75) is 20.0 Å². The molecule has 0 aliphatic heterocycles. The fraction of sp³-hybridized carbons (Fsp3) is 0.188. The lowest BCUT2D eigenvalue weighted by Crippen LogP contribution is -2.12. The maximum atomic E-state index is 6.21. The summed E-state index contributed by atoms with van der Waals surface area (Å²) in [6.07, 6.45) is 1.81. The Balaban J connectivity index is 1.78. The van der Waals surface area contributed by atoms with Crippen LogP contribution >= 0.6 is 22.9 Å². The molecule has 3 aromatic rings. The topological polar surface area (TPSA) is 24.9 Å². The van der Waals surface area contributed by atoms with Gasteiger partial charge >= 0.3 is 0 Å². The molecule has 0 spiro atoms. The molecule has 0 saturated heterocycles. The molecule has 0 radical (unpaired) electrons. The smallest absolute Gasteiger partial charge is 0.0761 e. The molecule has 1 aromatic carbocycles. The molecule has 0 atom stereocenters. The van der Waals surface area contributed by atoms with Crippen LogP contribution in [-0.2, 0) is 13.1 Å². The van der Waals surface area contributed by atoms with E-state index in [1.54, 1.807) is 11.3 Å². The molecule has 4 heteroatoms. The fourth-order valence-electron chi connectivity index (χ4n) is 2.23. The van der Waals surface area contributed by atoms with E-state index in [-0.39, 0.29) is 0 Å². The van der Waals surface area contributed by atoms with Crippen molar-refractivity contribution in [3.63, 3.8) is 0 Å². The minimum absolute atomic E-state index is 0.756. The van der Waals surface area contributed by atoms with Gasteiger partial charge in [0.2, 0.25) is 0 Å². The Morgan fingerprint density at radius 1 is 1.20 bits per heavy atom. The monoisotopic (exact) mass is 302 g/mol. The lowest BCUT2D eigenvalue weighted by atomic mass is 10.1. The largest absolute Gasteiger partial charge is 0.308 e. The number of halogens is 1. The number of aryl methyl sites for hydroxylation is 1. The van der Waals surface area contributed by atoms with Crippen LogP contribution in [0, 0.1) is 6.92 Å². The summed E-state index contributed by atoms with van der Waals surface area (Å²) in [7, 11) is 0. The van der Waals surface area contributed by atoms with Gasteiger partial charge in [0, 0.05) is 34.6 Å². The minimum Gasteiger partial charge on any atom is -0.308 e. The molecule has 0 saturated carbocycles. The number of rotatable bonds is 4. The van der Waals surface area contributed by atoms with E-state index in [9.17, 15) is 0 Å². The van der Waals surface area contributed by atoms with E-state index in [4.69, 9.17) is 11.6 Å². The van der Waals surface area contributed by atoms with E-state index in [1.165, 1.54) is 16.0 Å². The molecule has 0 unspecified atom stereocenters. The van der Waals surface area contributed by atoms with Crippen LogP contribution in [0.15, 0.2) is 41.9 Å². The third-order valence-corrected chi connectivity index (χ3v) is 4.72. The summed E-state index contributed by atoms with van der Waals surface area (Å²) in [5.74, 6) is 0. The summed E-state index contributed by atoms with van der Waals surface area (Å²) in [4.78, 5) is 5.84. The van der Waals surface area contributed by atoms with Crippen molar-refractivity contribution in [1.82, 2.24) is 10.3 Å². The number of aromatic nitrogens is 1. The predicted octanol–water partition coefficient (Wildman–Crippen LogP) is 4.55. The first-order valence-corrected chi connectivity index (χ1v) is 7.77. The first-order valence-electron chi connectivity index (χ1n) is 6.51. The van der Waals surface area contributed by atoms with Crippen LogP contribution < -0.4 is 5.32 Å². The number of nitrogens with zero attached hydrogens (tertiary/aromatic N) is 1. The van der Waals surface area contributed by atoms with Crippen molar-refractivity contribution in [2.24, 2.45) is 0 Å². The maximum Gasteiger partial charge on any atom is 0.0761 e. The van der Waals surface area contributed by atoms with Gasteiger partial charge < -0.3 is 5.32 Å². The van der Waals surface area contributed by atoms with Gasteiger partial charge in [0.1, 0.15) is 0 Å². The summed E-state index contributed by atoms with van der Waals surface area (Å²) < 4.78 is 0. The molecule has 0 amide bonds. The third kappa shape index (κ3) is 2.70. The van der Waals surface area contributed by atoms with Crippen LogP contribution in [0.3, 0.4) is 0 Å². The normalized spacial score (nSPS) is 11.1. The van der Waals surface area contributed by atoms with Crippen LogP contribution in [0.1, 0.15) is 16.0 Å². The highest BCUT2D eigenvalue weighted by Gasteiger charge is 2.06. The van der Waals surface area contributed by atoms with Gasteiger partial charge in [-0.15, -0.1) is 11.3 Å². The van der Waals surface area contributed by atoms with Gasteiger partial charge in [-0.1, -0.05) is 17.7 Å². The summed E-state index contributed by atoms with van der Waals surface area (Å²) in [6, 6.07) is 10.1. The number of hydrogen-bond acceptors (Lipinski definition) is 3. The highest BCUT2D eigenvalue weighted by molar-refractivity contribution is 7.10. The van der Waals surface area contributed by atoms with Gasteiger partial charge in [0.15, 0.2) is 0 Å². The Morgan fingerprint density at radius 3 is 2.90 bits per heavy atom. The molecule has 0 aliphatic carbocycles. The van der Waals surface area contributed by atoms with Crippen molar-refractivity contribution < 1.29 is 0 Å². The molecular weight excluding hydrogens is 288 g/mol. The van der Waals surface area contributed by atoms with Gasteiger partial charge in [-0.25, -0.2) is 0 Å². The molecule has 0 aliphatic rings. The van der Waals surface area contributed by atoms with Gasteiger partial charge in [-0.05, 0) is 47.7 Å². The van der Waals surface area contributed by atoms with Crippen molar-refractivity contribution >= 4 is 33.8 Å². The molecule has 2 aromatic heterocycles. The van der Waals surface area contributed by atoms with Crippen molar-refractivity contribution in [2.75, 3.05) is 0 Å². The second-order valence-electron chi connectivity index (χ2n) is 4.74. The fourth-order valence-corrected chi connectivity index (χ4v) is 3.33. The quantitative estimate of drug-likeness (QED) is 0.765. The van der Waals surface area contributed by atoms with Crippen molar-refractivity contribution in [3.05, 3.63) is 62.9 Å². The number of benzene rings is 1. The van der Waals surface area contributed by atoms with Gasteiger partial charge in [0.05, 0.1) is 5.52 Å². The first-order chi connectivity index (χ1) is 9.75. The van der Waals surface area contributed by atoms with E-state index < -0.39 is 0 Å². The second kappa shape index (κ2) is 5.92. The molecule has 20 heavy (non-hydrogen) atoms. The zero-order valence-corrected chi connectivity index (χ0v) is 12.8. The molecule has 2 nitrogen and oxygen atoms in total. The Labute approximate surface area is 127 Å². The lowest BCUT2D eigenvalue weighted by molar-refractivity contribution is 0.701.